The Morgan fingerprint density at radius 3 is 0.836 bits per heavy atom. The molecular weight excluding hydrogens is 757 g/mol. The molecule has 0 aromatic heterocycles. The van der Waals surface area contributed by atoms with Gasteiger partial charge < -0.3 is 14.2 Å². The van der Waals surface area contributed by atoms with E-state index in [0.29, 0.717) is 19.3 Å². The first kappa shape index (κ1) is 58.9. The lowest BCUT2D eigenvalue weighted by Gasteiger charge is -2.18. The summed E-state index contributed by atoms with van der Waals surface area (Å²) in [6, 6.07) is 0. The summed E-state index contributed by atoms with van der Waals surface area (Å²) in [5, 5.41) is 0. The van der Waals surface area contributed by atoms with Gasteiger partial charge in [-0.2, -0.15) is 0 Å². The number of hydrogen-bond donors (Lipinski definition) is 0. The molecule has 0 aliphatic rings. The molecule has 0 heterocycles. The van der Waals surface area contributed by atoms with E-state index < -0.39 is 6.10 Å². The third-order valence-corrected chi connectivity index (χ3v) is 11.9. The van der Waals surface area contributed by atoms with Gasteiger partial charge in [0.2, 0.25) is 0 Å². The molecular formula is C55H102O6. The van der Waals surface area contributed by atoms with Crippen LogP contribution in [0.4, 0.5) is 0 Å². The molecule has 0 amide bonds. The van der Waals surface area contributed by atoms with E-state index in [1.807, 2.05) is 0 Å². The molecule has 6 heteroatoms. The highest BCUT2D eigenvalue weighted by Crippen LogP contribution is 2.15. The van der Waals surface area contributed by atoms with E-state index in [-0.39, 0.29) is 31.1 Å². The Morgan fingerprint density at radius 2 is 0.541 bits per heavy atom. The summed E-state index contributed by atoms with van der Waals surface area (Å²) in [7, 11) is 0. The first-order valence-electron chi connectivity index (χ1n) is 26.8. The van der Waals surface area contributed by atoms with Crippen molar-refractivity contribution in [1.82, 2.24) is 0 Å². The molecule has 0 saturated heterocycles. The molecule has 0 fully saturated rings. The second kappa shape index (κ2) is 50.5. The molecule has 1 unspecified atom stereocenters. The van der Waals surface area contributed by atoms with Crippen LogP contribution in [0.5, 0.6) is 0 Å². The number of hydrogen-bond acceptors (Lipinski definition) is 6. The predicted octanol–water partition coefficient (Wildman–Crippen LogP) is 17.5. The van der Waals surface area contributed by atoms with Crippen LogP contribution in [0.15, 0.2) is 24.3 Å². The molecule has 0 aromatic carbocycles. The lowest BCUT2D eigenvalue weighted by atomic mass is 10.1. The number of rotatable bonds is 49. The van der Waals surface area contributed by atoms with Gasteiger partial charge in [0.1, 0.15) is 13.2 Å². The minimum atomic E-state index is -0.771. The van der Waals surface area contributed by atoms with E-state index in [2.05, 4.69) is 45.1 Å². The molecule has 0 bridgehead atoms. The second-order valence-corrected chi connectivity index (χ2v) is 18.1. The lowest BCUT2D eigenvalue weighted by molar-refractivity contribution is -0.167. The van der Waals surface area contributed by atoms with Gasteiger partial charge in [0, 0.05) is 19.3 Å². The molecule has 61 heavy (non-hydrogen) atoms. The first-order valence-corrected chi connectivity index (χ1v) is 26.8. The first-order chi connectivity index (χ1) is 30.0. The maximum absolute atomic E-state index is 12.8. The summed E-state index contributed by atoms with van der Waals surface area (Å²) in [6.07, 6.45) is 57.3. The van der Waals surface area contributed by atoms with Crippen molar-refractivity contribution < 1.29 is 28.6 Å². The number of ether oxygens (including phenoxy) is 3. The molecule has 358 valence electrons. The quantitative estimate of drug-likeness (QED) is 0.0262. The van der Waals surface area contributed by atoms with Crippen LogP contribution in [-0.4, -0.2) is 37.2 Å². The summed E-state index contributed by atoms with van der Waals surface area (Å²) in [4.78, 5) is 37.9. The van der Waals surface area contributed by atoms with E-state index in [1.54, 1.807) is 0 Å². The topological polar surface area (TPSA) is 78.9 Å². The van der Waals surface area contributed by atoms with Gasteiger partial charge in [-0.15, -0.1) is 0 Å². The predicted molar refractivity (Wildman–Crippen MR) is 261 cm³/mol. The van der Waals surface area contributed by atoms with Crippen LogP contribution in [0.1, 0.15) is 290 Å². The van der Waals surface area contributed by atoms with Gasteiger partial charge in [-0.1, -0.05) is 225 Å². The van der Waals surface area contributed by atoms with Crippen molar-refractivity contribution in [2.24, 2.45) is 0 Å². The summed E-state index contributed by atoms with van der Waals surface area (Å²) in [5.41, 5.74) is 0. The highest BCUT2D eigenvalue weighted by atomic mass is 16.6. The van der Waals surface area contributed by atoms with Crippen LogP contribution in [0.2, 0.25) is 0 Å². The summed E-state index contributed by atoms with van der Waals surface area (Å²) in [5.74, 6) is -0.873. The van der Waals surface area contributed by atoms with Crippen molar-refractivity contribution in [2.75, 3.05) is 13.2 Å². The number of allylic oxidation sites excluding steroid dienone is 4. The van der Waals surface area contributed by atoms with Crippen molar-refractivity contribution in [3.8, 4) is 0 Å². The SMILES string of the molecule is CCCCCC/C=C\CCCCCCCCCC(=O)OC(COC(=O)CCCCCCC/C=C\CCCCCCCCCCC)COC(=O)CCCCCCCCCCCC. The number of carbonyl (C=O) groups is 3. The monoisotopic (exact) mass is 859 g/mol. The van der Waals surface area contributed by atoms with Gasteiger partial charge in [0.15, 0.2) is 6.10 Å². The van der Waals surface area contributed by atoms with Crippen LogP contribution >= 0.6 is 0 Å². The van der Waals surface area contributed by atoms with Crippen molar-refractivity contribution in [1.29, 1.82) is 0 Å². The van der Waals surface area contributed by atoms with Crippen molar-refractivity contribution >= 4 is 17.9 Å². The molecule has 0 aromatic rings. The van der Waals surface area contributed by atoms with E-state index in [4.69, 9.17) is 14.2 Å². The molecule has 6 nitrogen and oxygen atoms in total. The Morgan fingerprint density at radius 1 is 0.311 bits per heavy atom. The highest BCUT2D eigenvalue weighted by Gasteiger charge is 2.19. The van der Waals surface area contributed by atoms with Crippen molar-refractivity contribution in [2.45, 2.75) is 297 Å². The van der Waals surface area contributed by atoms with E-state index in [9.17, 15) is 14.4 Å². The van der Waals surface area contributed by atoms with Crippen LogP contribution < -0.4 is 0 Å². The smallest absolute Gasteiger partial charge is 0.306 e. The molecule has 0 rings (SSSR count). The van der Waals surface area contributed by atoms with Crippen molar-refractivity contribution in [3.63, 3.8) is 0 Å². The maximum Gasteiger partial charge on any atom is 0.306 e. The summed E-state index contributed by atoms with van der Waals surface area (Å²) >= 11 is 0. The Balaban J connectivity index is 4.31. The van der Waals surface area contributed by atoms with E-state index in [0.717, 1.165) is 64.2 Å². The number of unbranched alkanes of at least 4 members (excludes halogenated alkanes) is 34. The summed E-state index contributed by atoms with van der Waals surface area (Å²) in [6.45, 7) is 6.63. The zero-order chi connectivity index (χ0) is 44.4. The van der Waals surface area contributed by atoms with Crippen molar-refractivity contribution in [3.05, 3.63) is 24.3 Å². The Kier molecular flexibility index (Phi) is 48.8. The van der Waals surface area contributed by atoms with Gasteiger partial charge in [-0.3, -0.25) is 14.4 Å². The van der Waals surface area contributed by atoms with Crippen LogP contribution in [0.25, 0.3) is 0 Å². The average molecular weight is 859 g/mol. The largest absolute Gasteiger partial charge is 0.462 e. The fraction of sp³-hybridized carbons (Fsp3) is 0.873. The van der Waals surface area contributed by atoms with Crippen LogP contribution in [-0.2, 0) is 28.6 Å². The normalized spacial score (nSPS) is 12.1. The zero-order valence-corrected chi connectivity index (χ0v) is 40.9. The van der Waals surface area contributed by atoms with Crippen LogP contribution in [0, 0.1) is 0 Å². The molecule has 0 spiro atoms. The van der Waals surface area contributed by atoms with E-state index in [1.165, 1.54) is 186 Å². The average Bonchev–Trinajstić information content (AvgIpc) is 3.26. The fourth-order valence-electron chi connectivity index (χ4n) is 7.84. The molecule has 1 atom stereocenters. The fourth-order valence-corrected chi connectivity index (χ4v) is 7.84. The minimum Gasteiger partial charge on any atom is -0.462 e. The molecule has 0 N–H and O–H groups in total. The van der Waals surface area contributed by atoms with E-state index >= 15 is 0 Å². The third-order valence-electron chi connectivity index (χ3n) is 11.9. The highest BCUT2D eigenvalue weighted by molar-refractivity contribution is 5.71. The lowest BCUT2D eigenvalue weighted by Crippen LogP contribution is -2.30. The number of esters is 3. The standard InChI is InChI=1S/C55H102O6/c1-4-7-10-13-16-19-22-24-26-27-28-30-31-33-36-39-42-45-48-54(57)60-51-52(50-59-53(56)47-44-41-38-35-21-18-15-12-9-6-3)61-55(58)49-46-43-40-37-34-32-29-25-23-20-17-14-11-8-5-2/h20,23,28,30,52H,4-19,21-22,24-27,29,31-51H2,1-3H3/b23-20-,30-28-. The Labute approximate surface area is 379 Å². The Hall–Kier alpha value is -2.11. The van der Waals surface area contributed by atoms with Crippen LogP contribution in [0.3, 0.4) is 0 Å². The van der Waals surface area contributed by atoms with Gasteiger partial charge in [-0.25, -0.2) is 0 Å². The number of carbonyl (C=O) groups excluding carboxylic acids is 3. The molecule has 0 radical (unpaired) electrons. The molecule has 0 aliphatic carbocycles. The minimum absolute atomic E-state index is 0.0721. The molecule has 0 saturated carbocycles. The summed E-state index contributed by atoms with van der Waals surface area (Å²) < 4.78 is 16.8. The van der Waals surface area contributed by atoms with Gasteiger partial charge in [0.05, 0.1) is 0 Å². The maximum atomic E-state index is 12.8. The molecule has 0 aliphatic heterocycles. The van der Waals surface area contributed by atoms with Gasteiger partial charge in [-0.05, 0) is 70.6 Å². The second-order valence-electron chi connectivity index (χ2n) is 18.1. The van der Waals surface area contributed by atoms with Gasteiger partial charge in [0.25, 0.3) is 0 Å². The Bertz CT molecular complexity index is 989. The zero-order valence-electron chi connectivity index (χ0n) is 40.9. The van der Waals surface area contributed by atoms with Gasteiger partial charge >= 0.3 is 17.9 Å². The third kappa shape index (κ3) is 48.8.